The molecule has 6 nitrogen and oxygen atoms in total. The minimum atomic E-state index is -0.352. The molecule has 0 aliphatic rings. The number of rotatable bonds is 3. The number of H-pyrrole nitrogens is 1. The van der Waals surface area contributed by atoms with E-state index in [2.05, 4.69) is 10.2 Å². The highest BCUT2D eigenvalue weighted by Gasteiger charge is 2.20. The molecule has 0 saturated heterocycles. The van der Waals surface area contributed by atoms with E-state index in [0.717, 1.165) is 4.90 Å². The largest absolute Gasteiger partial charge is 0.399 e. The van der Waals surface area contributed by atoms with Gasteiger partial charge in [-0.05, 0) is 24.3 Å². The second kappa shape index (κ2) is 5.34. The van der Waals surface area contributed by atoms with Gasteiger partial charge in [-0.3, -0.25) is 19.6 Å². The second-order valence-electron chi connectivity index (χ2n) is 4.10. The fourth-order valence-corrected chi connectivity index (χ4v) is 1.79. The molecular formula is C13H14N4O2. The number of nitrogens with one attached hydrogen (secondary N) is 1. The van der Waals surface area contributed by atoms with E-state index in [1.807, 2.05) is 0 Å². The van der Waals surface area contributed by atoms with E-state index < -0.39 is 0 Å². The molecule has 2 aromatic rings. The summed E-state index contributed by atoms with van der Waals surface area (Å²) in [6.07, 6.45) is 1.63. The Labute approximate surface area is 110 Å². The molecule has 2 amide bonds. The molecule has 0 atom stereocenters. The summed E-state index contributed by atoms with van der Waals surface area (Å²) < 4.78 is 0. The number of hydrogen-bond acceptors (Lipinski definition) is 4. The quantitative estimate of drug-likeness (QED) is 0.807. The molecule has 0 saturated carbocycles. The average molecular weight is 258 g/mol. The Balaban J connectivity index is 2.25. The molecule has 2 rings (SSSR count). The first kappa shape index (κ1) is 12.8. The zero-order valence-corrected chi connectivity index (χ0v) is 10.5. The van der Waals surface area contributed by atoms with Gasteiger partial charge in [0.05, 0.1) is 12.1 Å². The summed E-state index contributed by atoms with van der Waals surface area (Å²) >= 11 is 0. The molecule has 98 valence electrons. The molecule has 0 aliphatic heterocycles. The van der Waals surface area contributed by atoms with Crippen molar-refractivity contribution >= 4 is 23.2 Å². The smallest absolute Gasteiger partial charge is 0.239 e. The number of anilines is 2. The molecule has 6 heteroatoms. The van der Waals surface area contributed by atoms with Crippen LogP contribution in [0.4, 0.5) is 11.4 Å². The van der Waals surface area contributed by atoms with Crippen molar-refractivity contribution in [2.45, 2.75) is 13.3 Å². The summed E-state index contributed by atoms with van der Waals surface area (Å²) in [5, 5.41) is 6.46. The summed E-state index contributed by atoms with van der Waals surface area (Å²) in [6, 6.07) is 8.34. The van der Waals surface area contributed by atoms with Crippen molar-refractivity contribution in [3.8, 4) is 0 Å². The summed E-state index contributed by atoms with van der Waals surface area (Å²) in [7, 11) is 0. The Bertz CT molecular complexity index is 592. The molecule has 1 aromatic heterocycles. The van der Waals surface area contributed by atoms with Crippen LogP contribution in [0.1, 0.15) is 12.6 Å². The van der Waals surface area contributed by atoms with Gasteiger partial charge in [0.15, 0.2) is 0 Å². The molecule has 0 unspecified atom stereocenters. The van der Waals surface area contributed by atoms with Crippen molar-refractivity contribution in [3.05, 3.63) is 42.2 Å². The number of nitrogen functional groups attached to an aromatic ring is 1. The number of carbonyl (C=O) groups is 2. The number of aromatic amines is 1. The second-order valence-corrected chi connectivity index (χ2v) is 4.10. The van der Waals surface area contributed by atoms with Crippen LogP contribution in [0.15, 0.2) is 36.5 Å². The number of aromatic nitrogens is 2. The highest BCUT2D eigenvalue weighted by molar-refractivity contribution is 6.14. The van der Waals surface area contributed by atoms with Crippen molar-refractivity contribution in [2.75, 3.05) is 10.6 Å². The van der Waals surface area contributed by atoms with Crippen LogP contribution in [0.25, 0.3) is 0 Å². The van der Waals surface area contributed by atoms with Crippen LogP contribution in [0.5, 0.6) is 0 Å². The average Bonchev–Trinajstić information content (AvgIpc) is 2.81. The molecule has 0 spiro atoms. The third-order valence-electron chi connectivity index (χ3n) is 2.59. The first-order valence-corrected chi connectivity index (χ1v) is 5.75. The van der Waals surface area contributed by atoms with Gasteiger partial charge in [0.25, 0.3) is 0 Å². The number of nitrogens with zero attached hydrogens (tertiary/aromatic N) is 2. The number of carbonyl (C=O) groups excluding carboxylic acids is 2. The van der Waals surface area contributed by atoms with Crippen LogP contribution in [-0.4, -0.2) is 22.0 Å². The van der Waals surface area contributed by atoms with Gasteiger partial charge in [0.1, 0.15) is 0 Å². The van der Waals surface area contributed by atoms with Crippen molar-refractivity contribution in [3.63, 3.8) is 0 Å². The molecule has 0 aliphatic carbocycles. The SMILES string of the molecule is CC(=O)N(C(=O)Cc1ccn[nH]1)c1cccc(N)c1. The van der Waals surface area contributed by atoms with Gasteiger partial charge in [0, 0.05) is 24.5 Å². The number of benzene rings is 1. The molecule has 19 heavy (non-hydrogen) atoms. The fourth-order valence-electron chi connectivity index (χ4n) is 1.79. The maximum absolute atomic E-state index is 12.2. The predicted molar refractivity (Wildman–Crippen MR) is 71.3 cm³/mol. The summed E-state index contributed by atoms with van der Waals surface area (Å²) in [4.78, 5) is 25.0. The van der Waals surface area contributed by atoms with E-state index in [4.69, 9.17) is 5.73 Å². The van der Waals surface area contributed by atoms with Crippen molar-refractivity contribution < 1.29 is 9.59 Å². The lowest BCUT2D eigenvalue weighted by atomic mass is 10.2. The number of amides is 2. The van der Waals surface area contributed by atoms with E-state index >= 15 is 0 Å². The van der Waals surface area contributed by atoms with Crippen molar-refractivity contribution in [2.24, 2.45) is 0 Å². The molecule has 1 heterocycles. The van der Waals surface area contributed by atoms with E-state index in [9.17, 15) is 9.59 Å². The number of imide groups is 1. The normalized spacial score (nSPS) is 10.2. The highest BCUT2D eigenvalue weighted by atomic mass is 16.2. The lowest BCUT2D eigenvalue weighted by Crippen LogP contribution is -2.36. The topological polar surface area (TPSA) is 92.1 Å². The molecule has 0 radical (unpaired) electrons. The minimum Gasteiger partial charge on any atom is -0.399 e. The Morgan fingerprint density at radius 2 is 2.16 bits per heavy atom. The van der Waals surface area contributed by atoms with E-state index in [1.54, 1.807) is 36.5 Å². The van der Waals surface area contributed by atoms with Gasteiger partial charge in [-0.25, -0.2) is 0 Å². The monoisotopic (exact) mass is 258 g/mol. The Hall–Kier alpha value is -2.63. The van der Waals surface area contributed by atoms with Gasteiger partial charge in [-0.1, -0.05) is 6.07 Å². The maximum Gasteiger partial charge on any atom is 0.239 e. The Kier molecular flexibility index (Phi) is 3.61. The molecule has 0 bridgehead atoms. The number of nitrogens with two attached hydrogens (primary N) is 1. The van der Waals surface area contributed by atoms with Crippen LogP contribution >= 0.6 is 0 Å². The third-order valence-corrected chi connectivity index (χ3v) is 2.59. The van der Waals surface area contributed by atoms with Crippen molar-refractivity contribution in [1.29, 1.82) is 0 Å². The molecule has 1 aromatic carbocycles. The summed E-state index contributed by atoms with van der Waals surface area (Å²) in [5.74, 6) is -0.683. The maximum atomic E-state index is 12.2. The van der Waals surface area contributed by atoms with E-state index in [1.165, 1.54) is 6.92 Å². The van der Waals surface area contributed by atoms with Crippen LogP contribution in [0.3, 0.4) is 0 Å². The molecular weight excluding hydrogens is 244 g/mol. The summed E-state index contributed by atoms with van der Waals surface area (Å²) in [5.41, 5.74) is 7.29. The number of hydrogen-bond donors (Lipinski definition) is 2. The van der Waals surface area contributed by atoms with Crippen LogP contribution in [-0.2, 0) is 16.0 Å². The third kappa shape index (κ3) is 2.98. The Morgan fingerprint density at radius 3 is 2.74 bits per heavy atom. The predicted octanol–water partition coefficient (Wildman–Crippen LogP) is 1.11. The van der Waals surface area contributed by atoms with E-state index in [-0.39, 0.29) is 18.2 Å². The standard InChI is InChI=1S/C13H14N4O2/c1-9(18)17(12-4-2-3-10(14)7-12)13(19)8-11-5-6-15-16-11/h2-7H,8,14H2,1H3,(H,15,16). The first-order valence-electron chi connectivity index (χ1n) is 5.75. The zero-order valence-electron chi connectivity index (χ0n) is 10.5. The lowest BCUT2D eigenvalue weighted by molar-refractivity contribution is -0.125. The minimum absolute atomic E-state index is 0.0778. The van der Waals surface area contributed by atoms with Crippen LogP contribution < -0.4 is 10.6 Å². The zero-order chi connectivity index (χ0) is 13.8. The summed E-state index contributed by atoms with van der Waals surface area (Å²) in [6.45, 7) is 1.34. The molecule has 3 N–H and O–H groups in total. The van der Waals surface area contributed by atoms with Crippen molar-refractivity contribution in [1.82, 2.24) is 10.2 Å². The lowest BCUT2D eigenvalue weighted by Gasteiger charge is -2.19. The fraction of sp³-hybridized carbons (Fsp3) is 0.154. The van der Waals surface area contributed by atoms with Gasteiger partial charge in [-0.2, -0.15) is 5.10 Å². The van der Waals surface area contributed by atoms with Crippen LogP contribution in [0, 0.1) is 0 Å². The van der Waals surface area contributed by atoms with Crippen LogP contribution in [0.2, 0.25) is 0 Å². The van der Waals surface area contributed by atoms with Gasteiger partial charge < -0.3 is 5.73 Å². The Morgan fingerprint density at radius 1 is 1.37 bits per heavy atom. The highest BCUT2D eigenvalue weighted by Crippen LogP contribution is 2.18. The van der Waals surface area contributed by atoms with E-state index in [0.29, 0.717) is 17.1 Å². The van der Waals surface area contributed by atoms with Gasteiger partial charge in [0.2, 0.25) is 11.8 Å². The first-order chi connectivity index (χ1) is 9.08. The van der Waals surface area contributed by atoms with Gasteiger partial charge >= 0.3 is 0 Å². The van der Waals surface area contributed by atoms with Gasteiger partial charge in [-0.15, -0.1) is 0 Å². The molecule has 0 fully saturated rings.